The van der Waals surface area contributed by atoms with Crippen molar-refractivity contribution in [2.24, 2.45) is 0 Å². The van der Waals surface area contributed by atoms with E-state index in [4.69, 9.17) is 4.74 Å². The van der Waals surface area contributed by atoms with Crippen LogP contribution in [0.2, 0.25) is 0 Å². The lowest BCUT2D eigenvalue weighted by Crippen LogP contribution is -2.36. The second-order valence-corrected chi connectivity index (χ2v) is 4.91. The van der Waals surface area contributed by atoms with E-state index in [9.17, 15) is 9.59 Å². The van der Waals surface area contributed by atoms with Gasteiger partial charge < -0.3 is 15.0 Å². The third-order valence-electron chi connectivity index (χ3n) is 3.41. The van der Waals surface area contributed by atoms with Gasteiger partial charge in [0.05, 0.1) is 13.2 Å². The topological polar surface area (TPSA) is 87.3 Å². The lowest BCUT2D eigenvalue weighted by atomic mass is 10.2. The summed E-state index contributed by atoms with van der Waals surface area (Å²) in [7, 11) is 0. The maximum atomic E-state index is 12.0. The van der Waals surface area contributed by atoms with E-state index in [0.717, 1.165) is 32.0 Å². The number of anilines is 2. The molecule has 1 aliphatic rings. The summed E-state index contributed by atoms with van der Waals surface area (Å²) < 4.78 is 5.32. The van der Waals surface area contributed by atoms with Gasteiger partial charge in [0.15, 0.2) is 0 Å². The number of nitrogens with zero attached hydrogens (tertiary/aromatic N) is 2. The molecule has 22 heavy (non-hydrogen) atoms. The molecule has 114 valence electrons. The molecule has 1 aromatic heterocycles. The summed E-state index contributed by atoms with van der Waals surface area (Å²) in [5.74, 6) is -0.365. The average Bonchev–Trinajstić information content (AvgIpc) is 2.57. The first-order chi connectivity index (χ1) is 10.7. The number of nitrogens with one attached hydrogen (secondary N) is 2. The highest BCUT2D eigenvalue weighted by Crippen LogP contribution is 2.19. The van der Waals surface area contributed by atoms with Crippen LogP contribution in [0.1, 0.15) is 10.5 Å². The molecule has 0 saturated carbocycles. The summed E-state index contributed by atoms with van der Waals surface area (Å²) in [4.78, 5) is 25.2. The Morgan fingerprint density at radius 3 is 2.50 bits per heavy atom. The number of hydrogen-bond donors (Lipinski definition) is 2. The minimum Gasteiger partial charge on any atom is -0.378 e. The molecule has 0 unspecified atom stereocenters. The van der Waals surface area contributed by atoms with E-state index in [2.05, 4.69) is 20.4 Å². The third kappa shape index (κ3) is 3.32. The second kappa shape index (κ2) is 6.40. The molecule has 2 heterocycles. The molecule has 2 aromatic rings. The molecule has 1 amide bonds. The van der Waals surface area contributed by atoms with Gasteiger partial charge in [-0.3, -0.25) is 9.59 Å². The summed E-state index contributed by atoms with van der Waals surface area (Å²) >= 11 is 0. The number of aromatic nitrogens is 2. The van der Waals surface area contributed by atoms with E-state index in [1.165, 1.54) is 12.1 Å². The molecular formula is C15H16N4O3. The number of benzene rings is 1. The largest absolute Gasteiger partial charge is 0.378 e. The number of ether oxygens (including phenoxy) is 1. The van der Waals surface area contributed by atoms with Gasteiger partial charge in [0.2, 0.25) is 0 Å². The summed E-state index contributed by atoms with van der Waals surface area (Å²) in [5, 5.41) is 8.67. The molecular weight excluding hydrogens is 284 g/mol. The Morgan fingerprint density at radius 2 is 1.86 bits per heavy atom. The van der Waals surface area contributed by atoms with Crippen molar-refractivity contribution in [3.8, 4) is 0 Å². The van der Waals surface area contributed by atoms with Crippen molar-refractivity contribution in [1.29, 1.82) is 0 Å². The van der Waals surface area contributed by atoms with E-state index in [1.807, 2.05) is 24.3 Å². The van der Waals surface area contributed by atoms with Crippen LogP contribution < -0.4 is 15.8 Å². The Morgan fingerprint density at radius 1 is 1.14 bits per heavy atom. The van der Waals surface area contributed by atoms with E-state index in [0.29, 0.717) is 5.69 Å². The predicted molar refractivity (Wildman–Crippen MR) is 82.3 cm³/mol. The summed E-state index contributed by atoms with van der Waals surface area (Å²) in [6, 6.07) is 10.3. The highest BCUT2D eigenvalue weighted by atomic mass is 16.5. The summed E-state index contributed by atoms with van der Waals surface area (Å²) in [6.07, 6.45) is 0. The molecule has 2 N–H and O–H groups in total. The molecule has 0 spiro atoms. The first kappa shape index (κ1) is 14.3. The van der Waals surface area contributed by atoms with E-state index < -0.39 is 0 Å². The highest BCUT2D eigenvalue weighted by molar-refractivity contribution is 6.02. The molecule has 3 rings (SSSR count). The molecule has 1 aliphatic heterocycles. The normalized spacial score (nSPS) is 14.6. The quantitative estimate of drug-likeness (QED) is 0.878. The van der Waals surface area contributed by atoms with Crippen molar-refractivity contribution < 1.29 is 9.53 Å². The Labute approximate surface area is 126 Å². The lowest BCUT2D eigenvalue weighted by Gasteiger charge is -2.28. The number of carbonyl (C=O) groups excluding carboxylic acids is 1. The van der Waals surface area contributed by atoms with Gasteiger partial charge in [0.1, 0.15) is 5.69 Å². The summed E-state index contributed by atoms with van der Waals surface area (Å²) in [6.45, 7) is 3.20. The number of amides is 1. The molecule has 0 aliphatic carbocycles. The van der Waals surface area contributed by atoms with Gasteiger partial charge in [-0.05, 0) is 30.3 Å². The third-order valence-corrected chi connectivity index (χ3v) is 3.41. The number of morpholine rings is 1. The van der Waals surface area contributed by atoms with Crippen LogP contribution in [0, 0.1) is 0 Å². The average molecular weight is 300 g/mol. The Hall–Kier alpha value is -2.67. The van der Waals surface area contributed by atoms with Gasteiger partial charge in [-0.2, -0.15) is 5.10 Å². The number of hydrogen-bond acceptors (Lipinski definition) is 5. The van der Waals surface area contributed by atoms with Crippen LogP contribution in [0.4, 0.5) is 11.4 Å². The van der Waals surface area contributed by atoms with Crippen LogP contribution >= 0.6 is 0 Å². The zero-order valence-corrected chi connectivity index (χ0v) is 11.9. The Kier molecular flexibility index (Phi) is 4.15. The number of rotatable bonds is 3. The molecule has 0 radical (unpaired) electrons. The van der Waals surface area contributed by atoms with Gasteiger partial charge in [0, 0.05) is 30.5 Å². The molecule has 1 aromatic carbocycles. The summed E-state index contributed by atoms with van der Waals surface area (Å²) in [5.41, 5.74) is 1.60. The van der Waals surface area contributed by atoms with Crippen molar-refractivity contribution >= 4 is 17.3 Å². The molecule has 7 nitrogen and oxygen atoms in total. The molecule has 1 fully saturated rings. The molecule has 0 bridgehead atoms. The Bertz CT molecular complexity index is 685. The van der Waals surface area contributed by atoms with Gasteiger partial charge in [-0.1, -0.05) is 0 Å². The van der Waals surface area contributed by atoms with E-state index in [1.54, 1.807) is 0 Å². The van der Waals surface area contributed by atoms with Gasteiger partial charge in [-0.25, -0.2) is 5.10 Å². The fourth-order valence-electron chi connectivity index (χ4n) is 2.24. The molecule has 0 atom stereocenters. The van der Waals surface area contributed by atoms with Gasteiger partial charge in [-0.15, -0.1) is 0 Å². The lowest BCUT2D eigenvalue weighted by molar-refractivity contribution is 0.102. The van der Waals surface area contributed by atoms with Crippen molar-refractivity contribution in [2.45, 2.75) is 0 Å². The van der Waals surface area contributed by atoms with Crippen LogP contribution in [0.15, 0.2) is 41.2 Å². The van der Waals surface area contributed by atoms with Crippen molar-refractivity contribution in [1.82, 2.24) is 10.2 Å². The Balaban J connectivity index is 1.66. The van der Waals surface area contributed by atoms with Crippen molar-refractivity contribution in [2.75, 3.05) is 36.5 Å². The number of H-pyrrole nitrogens is 1. The predicted octanol–water partition coefficient (Wildman–Crippen LogP) is 0.859. The van der Waals surface area contributed by atoms with Crippen LogP contribution in [0.3, 0.4) is 0 Å². The van der Waals surface area contributed by atoms with Gasteiger partial charge >= 0.3 is 0 Å². The van der Waals surface area contributed by atoms with Crippen molar-refractivity contribution in [3.63, 3.8) is 0 Å². The molecule has 1 saturated heterocycles. The van der Waals surface area contributed by atoms with E-state index >= 15 is 0 Å². The molecule has 7 heteroatoms. The van der Waals surface area contributed by atoms with Crippen LogP contribution in [0.5, 0.6) is 0 Å². The SMILES string of the molecule is O=C(Nc1ccc(N2CCOCC2)cc1)c1ccc(=O)[nH]n1. The zero-order valence-electron chi connectivity index (χ0n) is 11.9. The maximum absolute atomic E-state index is 12.0. The number of aromatic amines is 1. The minimum atomic E-state index is -0.365. The van der Waals surface area contributed by atoms with Gasteiger partial charge in [0.25, 0.3) is 11.5 Å². The number of carbonyl (C=O) groups is 1. The second-order valence-electron chi connectivity index (χ2n) is 4.91. The van der Waals surface area contributed by atoms with Crippen LogP contribution in [-0.2, 0) is 4.74 Å². The first-order valence-electron chi connectivity index (χ1n) is 7.02. The smallest absolute Gasteiger partial charge is 0.276 e. The van der Waals surface area contributed by atoms with E-state index in [-0.39, 0.29) is 17.2 Å². The standard InChI is InChI=1S/C15H16N4O3/c20-14-6-5-13(17-18-14)15(21)16-11-1-3-12(4-2-11)19-7-9-22-10-8-19/h1-6H,7-10H2,(H,16,21)(H,18,20). The minimum absolute atomic E-state index is 0.164. The first-order valence-corrected chi connectivity index (χ1v) is 7.02. The monoisotopic (exact) mass is 300 g/mol. The zero-order chi connectivity index (χ0) is 15.4. The fraction of sp³-hybridized carbons (Fsp3) is 0.267. The van der Waals surface area contributed by atoms with Crippen molar-refractivity contribution in [3.05, 3.63) is 52.4 Å². The fourth-order valence-corrected chi connectivity index (χ4v) is 2.24. The highest BCUT2D eigenvalue weighted by Gasteiger charge is 2.12. The van der Waals surface area contributed by atoms with Crippen LogP contribution in [0.25, 0.3) is 0 Å². The maximum Gasteiger partial charge on any atom is 0.276 e. The van der Waals surface area contributed by atoms with Crippen LogP contribution in [-0.4, -0.2) is 42.4 Å².